The van der Waals surface area contributed by atoms with Gasteiger partial charge in [-0.3, -0.25) is 14.7 Å². The molecule has 0 fully saturated rings. The van der Waals surface area contributed by atoms with Crippen molar-refractivity contribution in [2.75, 3.05) is 11.2 Å². The minimum Gasteiger partial charge on any atom is -0.279 e. The Morgan fingerprint density at radius 1 is 1.18 bits per heavy atom. The highest BCUT2D eigenvalue weighted by molar-refractivity contribution is 9.10. The van der Waals surface area contributed by atoms with Gasteiger partial charge in [0.15, 0.2) is 5.13 Å². The molecule has 28 heavy (non-hydrogen) atoms. The first-order valence-electron chi connectivity index (χ1n) is 8.55. The third-order valence-corrected chi connectivity index (χ3v) is 6.46. The summed E-state index contributed by atoms with van der Waals surface area (Å²) in [5, 5.41) is 0.682. The molecule has 0 N–H and O–H groups in total. The Kier molecular flexibility index (Phi) is 5.75. The van der Waals surface area contributed by atoms with Gasteiger partial charge in [-0.1, -0.05) is 39.4 Å². The number of aromatic nitrogens is 2. The summed E-state index contributed by atoms with van der Waals surface area (Å²) in [5.41, 5.74) is 2.47. The smallest absolute Gasteiger partial charge is 0.260 e. The molecular formula is C21H16BrN3OS2. The number of halogens is 1. The van der Waals surface area contributed by atoms with E-state index in [1.807, 2.05) is 42.5 Å². The van der Waals surface area contributed by atoms with Crippen LogP contribution in [0.1, 0.15) is 15.9 Å². The van der Waals surface area contributed by atoms with Crippen molar-refractivity contribution in [1.82, 2.24) is 9.97 Å². The number of hydrogen-bond acceptors (Lipinski definition) is 5. The molecule has 140 valence electrons. The van der Waals surface area contributed by atoms with E-state index in [9.17, 15) is 4.79 Å². The van der Waals surface area contributed by atoms with Gasteiger partial charge < -0.3 is 0 Å². The highest BCUT2D eigenvalue weighted by Gasteiger charge is 2.22. The molecule has 0 atom stereocenters. The minimum absolute atomic E-state index is 0.0886. The van der Waals surface area contributed by atoms with E-state index in [-0.39, 0.29) is 5.91 Å². The van der Waals surface area contributed by atoms with Crippen molar-refractivity contribution >= 4 is 60.3 Å². The van der Waals surface area contributed by atoms with Gasteiger partial charge in [-0.05, 0) is 54.3 Å². The molecule has 4 aromatic rings. The summed E-state index contributed by atoms with van der Waals surface area (Å²) >= 11 is 6.67. The number of thiazole rings is 1. The molecule has 0 saturated heterocycles. The van der Waals surface area contributed by atoms with Crippen LogP contribution in [0.5, 0.6) is 0 Å². The first-order valence-corrected chi connectivity index (χ1v) is 11.4. The van der Waals surface area contributed by atoms with E-state index >= 15 is 0 Å². The molecule has 2 aromatic heterocycles. The second-order valence-electron chi connectivity index (χ2n) is 6.09. The number of benzene rings is 2. The van der Waals surface area contributed by atoms with Crippen LogP contribution in [0.2, 0.25) is 0 Å². The van der Waals surface area contributed by atoms with Crippen molar-refractivity contribution < 1.29 is 4.79 Å². The summed E-state index contributed by atoms with van der Waals surface area (Å²) in [5.74, 6) is -0.0886. The topological polar surface area (TPSA) is 46.1 Å². The van der Waals surface area contributed by atoms with Crippen molar-refractivity contribution in [3.8, 4) is 0 Å². The average molecular weight is 470 g/mol. The lowest BCUT2D eigenvalue weighted by molar-refractivity contribution is 0.0985. The highest BCUT2D eigenvalue weighted by Crippen LogP contribution is 2.33. The Labute approximate surface area is 179 Å². The largest absolute Gasteiger partial charge is 0.279 e. The molecule has 1 amide bonds. The van der Waals surface area contributed by atoms with Crippen LogP contribution in [0.25, 0.3) is 10.2 Å². The Morgan fingerprint density at radius 3 is 2.82 bits per heavy atom. The standard InChI is InChI=1S/C21H16BrN3OS2/c1-27-17-7-8-18-19(11-17)28-21(24-18)25(13-14-4-3-9-23-12-14)20(26)15-5-2-6-16(22)10-15/h2-12H,13H2,1H3. The van der Waals surface area contributed by atoms with Crippen molar-refractivity contribution in [1.29, 1.82) is 0 Å². The van der Waals surface area contributed by atoms with Crippen molar-refractivity contribution in [3.05, 3.63) is 82.6 Å². The molecule has 0 bridgehead atoms. The molecule has 4 rings (SSSR count). The lowest BCUT2D eigenvalue weighted by atomic mass is 10.2. The normalized spacial score (nSPS) is 10.9. The van der Waals surface area contributed by atoms with Gasteiger partial charge in [-0.2, -0.15) is 0 Å². The van der Waals surface area contributed by atoms with Crippen LogP contribution in [0, 0.1) is 0 Å². The Bertz CT molecular complexity index is 1130. The summed E-state index contributed by atoms with van der Waals surface area (Å²) in [4.78, 5) is 25.2. The summed E-state index contributed by atoms with van der Waals surface area (Å²) < 4.78 is 1.94. The molecule has 7 heteroatoms. The first-order chi connectivity index (χ1) is 13.6. The van der Waals surface area contributed by atoms with Crippen LogP contribution in [0.15, 0.2) is 76.4 Å². The van der Waals surface area contributed by atoms with Gasteiger partial charge in [0.1, 0.15) is 0 Å². The lowest BCUT2D eigenvalue weighted by Gasteiger charge is -2.20. The fourth-order valence-electron chi connectivity index (χ4n) is 2.81. The molecule has 2 heterocycles. The molecule has 0 unspecified atom stereocenters. The maximum Gasteiger partial charge on any atom is 0.260 e. The molecule has 0 aliphatic carbocycles. The van der Waals surface area contributed by atoms with E-state index < -0.39 is 0 Å². The van der Waals surface area contributed by atoms with Crippen molar-refractivity contribution in [2.24, 2.45) is 0 Å². The lowest BCUT2D eigenvalue weighted by Crippen LogP contribution is -2.30. The quantitative estimate of drug-likeness (QED) is 0.335. The molecule has 0 spiro atoms. The number of amides is 1. The van der Waals surface area contributed by atoms with E-state index in [0.717, 1.165) is 20.3 Å². The van der Waals surface area contributed by atoms with Crippen LogP contribution >= 0.6 is 39.0 Å². The third-order valence-electron chi connectivity index (χ3n) is 4.20. The Hall–Kier alpha value is -2.22. The number of rotatable bonds is 5. The number of carbonyl (C=O) groups excluding carboxylic acids is 1. The Balaban J connectivity index is 1.77. The monoisotopic (exact) mass is 469 g/mol. The number of carbonyl (C=O) groups is 1. The summed E-state index contributed by atoms with van der Waals surface area (Å²) in [7, 11) is 0. The fourth-order valence-corrected chi connectivity index (χ4v) is 4.73. The van der Waals surface area contributed by atoms with Gasteiger partial charge in [-0.15, -0.1) is 11.8 Å². The zero-order valence-corrected chi connectivity index (χ0v) is 18.2. The molecule has 2 aromatic carbocycles. The van der Waals surface area contributed by atoms with E-state index in [0.29, 0.717) is 17.2 Å². The van der Waals surface area contributed by atoms with Gasteiger partial charge in [0.2, 0.25) is 0 Å². The molecule has 0 radical (unpaired) electrons. The van der Waals surface area contributed by atoms with Crippen LogP contribution in [0.3, 0.4) is 0 Å². The molecular weight excluding hydrogens is 454 g/mol. The number of thioether (sulfide) groups is 1. The van der Waals surface area contributed by atoms with Gasteiger partial charge in [0.05, 0.1) is 16.8 Å². The van der Waals surface area contributed by atoms with Crippen molar-refractivity contribution in [2.45, 2.75) is 11.4 Å². The first kappa shape index (κ1) is 19.1. The van der Waals surface area contributed by atoms with Gasteiger partial charge >= 0.3 is 0 Å². The van der Waals surface area contributed by atoms with E-state index in [4.69, 9.17) is 4.98 Å². The van der Waals surface area contributed by atoms with Crippen LogP contribution in [0.4, 0.5) is 5.13 Å². The van der Waals surface area contributed by atoms with Crippen LogP contribution in [-0.4, -0.2) is 22.1 Å². The van der Waals surface area contributed by atoms with E-state index in [1.54, 1.807) is 29.1 Å². The molecule has 0 aliphatic heterocycles. The molecule has 0 saturated carbocycles. The number of pyridine rings is 1. The number of nitrogens with zero attached hydrogens (tertiary/aromatic N) is 3. The average Bonchev–Trinajstić information content (AvgIpc) is 3.15. The minimum atomic E-state index is -0.0886. The van der Waals surface area contributed by atoms with Crippen molar-refractivity contribution in [3.63, 3.8) is 0 Å². The third kappa shape index (κ3) is 4.11. The van der Waals surface area contributed by atoms with Crippen LogP contribution in [-0.2, 0) is 6.54 Å². The molecule has 4 nitrogen and oxygen atoms in total. The van der Waals surface area contributed by atoms with Crippen LogP contribution < -0.4 is 4.90 Å². The van der Waals surface area contributed by atoms with Gasteiger partial charge in [0, 0.05) is 27.3 Å². The summed E-state index contributed by atoms with van der Waals surface area (Å²) in [6.07, 6.45) is 5.56. The van der Waals surface area contributed by atoms with Gasteiger partial charge in [-0.25, -0.2) is 4.98 Å². The Morgan fingerprint density at radius 2 is 2.07 bits per heavy atom. The predicted octanol–water partition coefficient (Wildman–Crippen LogP) is 6.02. The SMILES string of the molecule is CSc1ccc2nc(N(Cc3cccnc3)C(=O)c3cccc(Br)c3)sc2c1. The number of fused-ring (bicyclic) bond motifs is 1. The maximum atomic E-state index is 13.3. The highest BCUT2D eigenvalue weighted by atomic mass is 79.9. The zero-order valence-electron chi connectivity index (χ0n) is 15.0. The zero-order chi connectivity index (χ0) is 19.5. The van der Waals surface area contributed by atoms with E-state index in [1.165, 1.54) is 16.2 Å². The van der Waals surface area contributed by atoms with E-state index in [2.05, 4.69) is 39.3 Å². The number of hydrogen-bond donors (Lipinski definition) is 0. The maximum absolute atomic E-state index is 13.3. The predicted molar refractivity (Wildman–Crippen MR) is 120 cm³/mol. The number of anilines is 1. The second kappa shape index (κ2) is 8.43. The molecule has 0 aliphatic rings. The van der Waals surface area contributed by atoms with Gasteiger partial charge in [0.25, 0.3) is 5.91 Å². The summed E-state index contributed by atoms with van der Waals surface area (Å²) in [6.45, 7) is 0.411. The second-order valence-corrected chi connectivity index (χ2v) is 8.90. The summed E-state index contributed by atoms with van der Waals surface area (Å²) in [6, 6.07) is 17.4. The fraction of sp³-hybridized carbons (Fsp3) is 0.0952.